The lowest BCUT2D eigenvalue weighted by atomic mass is 9.95. The van der Waals surface area contributed by atoms with E-state index in [1.807, 2.05) is 0 Å². The number of nitrogens with zero attached hydrogens (tertiary/aromatic N) is 2. The number of aromatic carboxylic acids is 1. The minimum absolute atomic E-state index is 0.276. The van der Waals surface area contributed by atoms with E-state index in [9.17, 15) is 22.8 Å². The van der Waals surface area contributed by atoms with Gasteiger partial charge in [-0.25, -0.2) is 9.31 Å². The van der Waals surface area contributed by atoms with Gasteiger partial charge in [-0.15, -0.1) is 0 Å². The Hall–Kier alpha value is -3.24. The molecule has 0 radical (unpaired) electrons. The highest BCUT2D eigenvalue weighted by molar-refractivity contribution is 5.90. The second-order valence-electron chi connectivity index (χ2n) is 6.01. The maximum Gasteiger partial charge on any atom is 0.421 e. The Morgan fingerprint density at radius 2 is 2.07 bits per heavy atom. The van der Waals surface area contributed by atoms with Crippen molar-refractivity contribution in [3.63, 3.8) is 0 Å². The summed E-state index contributed by atoms with van der Waals surface area (Å²) >= 11 is 0. The second-order valence-corrected chi connectivity index (χ2v) is 6.01. The standard InChI is InChI=1S/C16H12F3N3O5/c17-16(18,19)11-12(15(24)25)21-22-6-8(20-14(23)13(11)22)7-1-2-9-10(5-7)27-4-3-26-9/h1-2,6-7H,3-5H2,(H,20,23)(H,24,25). The number of rotatable bonds is 2. The number of aromatic nitrogens is 3. The number of carboxylic acid groups (broad SMARTS) is 1. The van der Waals surface area contributed by atoms with Gasteiger partial charge in [-0.2, -0.15) is 18.3 Å². The van der Waals surface area contributed by atoms with Crippen molar-refractivity contribution in [2.75, 3.05) is 13.2 Å². The first-order valence-corrected chi connectivity index (χ1v) is 7.88. The van der Waals surface area contributed by atoms with E-state index in [2.05, 4.69) is 10.1 Å². The topological polar surface area (TPSA) is 106 Å². The van der Waals surface area contributed by atoms with E-state index in [0.717, 1.165) is 0 Å². The van der Waals surface area contributed by atoms with Gasteiger partial charge in [0.1, 0.15) is 30.1 Å². The normalized spacial score (nSPS) is 19.6. The third kappa shape index (κ3) is 2.84. The number of carbonyl (C=O) groups is 1. The van der Waals surface area contributed by atoms with Crippen molar-refractivity contribution < 1.29 is 32.5 Å². The number of fused-ring (bicyclic) bond motifs is 1. The molecule has 3 heterocycles. The molecule has 0 amide bonds. The van der Waals surface area contributed by atoms with Gasteiger partial charge >= 0.3 is 12.1 Å². The van der Waals surface area contributed by atoms with Crippen LogP contribution in [-0.4, -0.2) is 38.9 Å². The molecule has 0 spiro atoms. The van der Waals surface area contributed by atoms with E-state index in [1.54, 1.807) is 12.2 Å². The van der Waals surface area contributed by atoms with Crippen LogP contribution in [0, 0.1) is 0 Å². The lowest BCUT2D eigenvalue weighted by molar-refractivity contribution is -0.136. The van der Waals surface area contributed by atoms with Crippen molar-refractivity contribution in [3.05, 3.63) is 57.2 Å². The number of allylic oxidation sites excluding steroid dienone is 3. The Labute approximate surface area is 148 Å². The predicted octanol–water partition coefficient (Wildman–Crippen LogP) is 2.04. The quantitative estimate of drug-likeness (QED) is 0.822. The molecule has 11 heteroatoms. The van der Waals surface area contributed by atoms with Crippen LogP contribution in [0.2, 0.25) is 0 Å². The summed E-state index contributed by atoms with van der Waals surface area (Å²) in [6.45, 7) is 0.799. The summed E-state index contributed by atoms with van der Waals surface area (Å²) in [5.41, 5.74) is -4.46. The molecule has 0 saturated carbocycles. The van der Waals surface area contributed by atoms with Gasteiger partial charge in [-0.1, -0.05) is 6.08 Å². The molecule has 27 heavy (non-hydrogen) atoms. The van der Waals surface area contributed by atoms with Crippen LogP contribution >= 0.6 is 0 Å². The number of hydrogen-bond acceptors (Lipinski definition) is 5. The number of aromatic amines is 1. The first-order valence-electron chi connectivity index (χ1n) is 7.88. The zero-order chi connectivity index (χ0) is 19.3. The molecule has 4 rings (SSSR count). The molecule has 2 N–H and O–H groups in total. The van der Waals surface area contributed by atoms with E-state index in [1.165, 1.54) is 6.20 Å². The number of nitrogens with one attached hydrogen (secondary N) is 1. The lowest BCUT2D eigenvalue weighted by Crippen LogP contribution is -2.21. The van der Waals surface area contributed by atoms with Crippen LogP contribution in [-0.2, 0) is 15.7 Å². The predicted molar refractivity (Wildman–Crippen MR) is 83.2 cm³/mol. The van der Waals surface area contributed by atoms with Crippen LogP contribution in [0.4, 0.5) is 13.2 Å². The summed E-state index contributed by atoms with van der Waals surface area (Å²) < 4.78 is 51.4. The molecule has 1 unspecified atom stereocenters. The number of alkyl halides is 3. The van der Waals surface area contributed by atoms with Crippen LogP contribution < -0.4 is 5.56 Å². The number of ether oxygens (including phenoxy) is 2. The van der Waals surface area contributed by atoms with E-state index < -0.39 is 40.4 Å². The zero-order valence-electron chi connectivity index (χ0n) is 13.5. The van der Waals surface area contributed by atoms with Crippen molar-refractivity contribution in [2.24, 2.45) is 0 Å². The van der Waals surface area contributed by atoms with Gasteiger partial charge in [-0.05, 0) is 6.08 Å². The maximum absolute atomic E-state index is 13.3. The third-order valence-electron chi connectivity index (χ3n) is 4.31. The molecule has 142 valence electrons. The smallest absolute Gasteiger partial charge is 0.421 e. The molecule has 0 aromatic carbocycles. The summed E-state index contributed by atoms with van der Waals surface area (Å²) in [4.78, 5) is 25.9. The molecule has 1 atom stereocenters. The van der Waals surface area contributed by atoms with Crippen molar-refractivity contribution in [2.45, 2.75) is 18.5 Å². The van der Waals surface area contributed by atoms with Crippen molar-refractivity contribution in [1.82, 2.24) is 14.6 Å². The molecule has 2 aromatic heterocycles. The highest BCUT2D eigenvalue weighted by Crippen LogP contribution is 2.36. The number of halogens is 3. The summed E-state index contributed by atoms with van der Waals surface area (Å²) in [6, 6.07) is 0. The maximum atomic E-state index is 13.3. The van der Waals surface area contributed by atoms with E-state index >= 15 is 0 Å². The first-order chi connectivity index (χ1) is 12.8. The largest absolute Gasteiger partial charge is 0.490 e. The van der Waals surface area contributed by atoms with Gasteiger partial charge in [0.2, 0.25) is 0 Å². The van der Waals surface area contributed by atoms with Crippen molar-refractivity contribution >= 4 is 11.5 Å². The monoisotopic (exact) mass is 383 g/mol. The summed E-state index contributed by atoms with van der Waals surface area (Å²) in [5, 5.41) is 12.5. The SMILES string of the molecule is O=C(O)c1nn2cc(C3C=CC4=C(C3)OCCO4)[nH]c(=O)c2c1C(F)(F)F. The van der Waals surface area contributed by atoms with Crippen LogP contribution in [0.15, 0.2) is 34.7 Å². The van der Waals surface area contributed by atoms with Gasteiger partial charge in [-0.3, -0.25) is 4.79 Å². The fraction of sp³-hybridized carbons (Fsp3) is 0.312. The Balaban J connectivity index is 1.82. The molecule has 0 bridgehead atoms. The van der Waals surface area contributed by atoms with Gasteiger partial charge in [0.25, 0.3) is 5.56 Å². The fourth-order valence-corrected chi connectivity index (χ4v) is 3.16. The Morgan fingerprint density at radius 3 is 2.78 bits per heavy atom. The van der Waals surface area contributed by atoms with E-state index in [4.69, 9.17) is 14.6 Å². The van der Waals surface area contributed by atoms with Gasteiger partial charge < -0.3 is 19.6 Å². The van der Waals surface area contributed by atoms with Crippen LogP contribution in [0.1, 0.15) is 34.1 Å². The first kappa shape index (κ1) is 17.2. The summed E-state index contributed by atoms with van der Waals surface area (Å²) in [6.07, 6.45) is -0.133. The molecule has 0 saturated heterocycles. The lowest BCUT2D eigenvalue weighted by Gasteiger charge is -2.26. The minimum Gasteiger partial charge on any atom is -0.490 e. The third-order valence-corrected chi connectivity index (χ3v) is 4.31. The van der Waals surface area contributed by atoms with Crippen molar-refractivity contribution in [1.29, 1.82) is 0 Å². The average Bonchev–Trinajstić information content (AvgIpc) is 3.02. The van der Waals surface area contributed by atoms with Gasteiger partial charge in [0.05, 0.1) is 0 Å². The molecular weight excluding hydrogens is 371 g/mol. The summed E-state index contributed by atoms with van der Waals surface area (Å²) in [7, 11) is 0. The van der Waals surface area contributed by atoms with Crippen LogP contribution in [0.5, 0.6) is 0 Å². The highest BCUT2D eigenvalue weighted by atomic mass is 19.4. The van der Waals surface area contributed by atoms with E-state index in [-0.39, 0.29) is 5.69 Å². The number of H-pyrrole nitrogens is 1. The van der Waals surface area contributed by atoms with Gasteiger partial charge in [0, 0.05) is 24.2 Å². The highest BCUT2D eigenvalue weighted by Gasteiger charge is 2.41. The van der Waals surface area contributed by atoms with Crippen LogP contribution in [0.3, 0.4) is 0 Å². The average molecular weight is 383 g/mol. The number of carboxylic acids is 1. The Morgan fingerprint density at radius 1 is 1.33 bits per heavy atom. The van der Waals surface area contributed by atoms with E-state index in [0.29, 0.717) is 35.7 Å². The Bertz CT molecular complexity index is 1060. The molecule has 1 aliphatic heterocycles. The van der Waals surface area contributed by atoms with Gasteiger partial charge in [0.15, 0.2) is 11.5 Å². The van der Waals surface area contributed by atoms with Crippen LogP contribution in [0.25, 0.3) is 5.52 Å². The van der Waals surface area contributed by atoms with Crippen molar-refractivity contribution in [3.8, 4) is 0 Å². The Kier molecular flexibility index (Phi) is 3.75. The molecule has 1 aliphatic carbocycles. The number of hydrogen-bond donors (Lipinski definition) is 2. The molecular formula is C16H12F3N3O5. The second kappa shape index (κ2) is 5.89. The fourth-order valence-electron chi connectivity index (χ4n) is 3.16. The molecule has 2 aromatic rings. The summed E-state index contributed by atoms with van der Waals surface area (Å²) in [5.74, 6) is -1.11. The molecule has 8 nitrogen and oxygen atoms in total. The zero-order valence-corrected chi connectivity index (χ0v) is 13.5. The minimum atomic E-state index is -5.04. The molecule has 0 fully saturated rings. The molecule has 2 aliphatic rings.